The second kappa shape index (κ2) is 10.4. The lowest BCUT2D eigenvalue weighted by Gasteiger charge is -2.08. The number of rotatable bonds is 6. The van der Waals surface area contributed by atoms with Crippen molar-refractivity contribution < 1.29 is 4.74 Å². The average Bonchev–Trinajstić information content (AvgIpc) is 2.37. The fourth-order valence-corrected chi connectivity index (χ4v) is 1.52. The van der Waals surface area contributed by atoms with Gasteiger partial charge in [-0.3, -0.25) is 4.99 Å². The van der Waals surface area contributed by atoms with Gasteiger partial charge in [0, 0.05) is 12.6 Å². The van der Waals surface area contributed by atoms with Crippen LogP contribution in [0.4, 0.5) is 0 Å². The first-order valence-electron chi connectivity index (χ1n) is 6.33. The van der Waals surface area contributed by atoms with E-state index in [-0.39, 0.29) is 24.0 Å². The first kappa shape index (κ1) is 18.6. The van der Waals surface area contributed by atoms with Crippen molar-refractivity contribution in [1.29, 1.82) is 0 Å². The summed E-state index contributed by atoms with van der Waals surface area (Å²) in [6, 6.07) is 8.13. The number of ether oxygens (including phenoxy) is 1. The number of halogens is 1. The highest BCUT2D eigenvalue weighted by Crippen LogP contribution is 2.12. The maximum atomic E-state index is 5.72. The fourth-order valence-electron chi connectivity index (χ4n) is 1.52. The molecule has 1 rings (SSSR count). The highest BCUT2D eigenvalue weighted by molar-refractivity contribution is 14.0. The largest absolute Gasteiger partial charge is 0.481 e. The molecule has 3 N–H and O–H groups in total. The molecule has 0 unspecified atom stereocenters. The molecule has 20 heavy (non-hydrogen) atoms. The van der Waals surface area contributed by atoms with Gasteiger partial charge in [0.05, 0.1) is 0 Å². The van der Waals surface area contributed by atoms with Gasteiger partial charge in [0.2, 0.25) is 0 Å². The number of nitrogens with one attached hydrogen (secondary N) is 1. The molecule has 0 fully saturated rings. The normalized spacial score (nSPS) is 10.6. The molecule has 1 aromatic carbocycles. The third-order valence-electron chi connectivity index (χ3n) is 2.36. The molecular formula is C15H22IN3O. The van der Waals surface area contributed by atoms with Crippen LogP contribution in [0.1, 0.15) is 19.4 Å². The van der Waals surface area contributed by atoms with Crippen molar-refractivity contribution in [1.82, 2.24) is 5.32 Å². The van der Waals surface area contributed by atoms with E-state index >= 15 is 0 Å². The van der Waals surface area contributed by atoms with Crippen molar-refractivity contribution >= 4 is 29.9 Å². The lowest BCUT2D eigenvalue weighted by Crippen LogP contribution is -2.36. The van der Waals surface area contributed by atoms with Crippen molar-refractivity contribution in [3.8, 4) is 18.1 Å². The summed E-state index contributed by atoms with van der Waals surface area (Å²) < 4.78 is 5.30. The van der Waals surface area contributed by atoms with Crippen molar-refractivity contribution in [3.63, 3.8) is 0 Å². The SMILES string of the molecule is C#CCOc1ccc(CCN=C(N)NC(C)C)cc1.I. The van der Waals surface area contributed by atoms with Gasteiger partial charge in [-0.25, -0.2) is 0 Å². The van der Waals surface area contributed by atoms with Crippen LogP contribution in [-0.2, 0) is 6.42 Å². The second-order valence-electron chi connectivity index (χ2n) is 4.45. The van der Waals surface area contributed by atoms with E-state index in [1.54, 1.807) is 0 Å². The van der Waals surface area contributed by atoms with Crippen LogP contribution >= 0.6 is 24.0 Å². The summed E-state index contributed by atoms with van der Waals surface area (Å²) in [7, 11) is 0. The number of aliphatic imine (C=N–C) groups is 1. The Balaban J connectivity index is 0.00000361. The van der Waals surface area contributed by atoms with E-state index in [1.165, 1.54) is 5.56 Å². The quantitative estimate of drug-likeness (QED) is 0.341. The van der Waals surface area contributed by atoms with Crippen LogP contribution in [-0.4, -0.2) is 25.2 Å². The Hall–Kier alpha value is -1.42. The van der Waals surface area contributed by atoms with E-state index < -0.39 is 0 Å². The average molecular weight is 387 g/mol. The minimum absolute atomic E-state index is 0. The molecule has 0 atom stereocenters. The summed E-state index contributed by atoms with van der Waals surface area (Å²) in [5.74, 6) is 3.71. The molecule has 4 nitrogen and oxygen atoms in total. The van der Waals surface area contributed by atoms with E-state index in [1.807, 2.05) is 38.1 Å². The predicted octanol–water partition coefficient (Wildman–Crippen LogP) is 2.17. The zero-order valence-electron chi connectivity index (χ0n) is 11.9. The first-order chi connectivity index (χ1) is 9.11. The molecule has 0 aliphatic heterocycles. The standard InChI is InChI=1S/C15H21N3O.HI/c1-4-11-19-14-7-5-13(6-8-14)9-10-17-15(16)18-12(2)3;/h1,5-8,12H,9-11H2,2-3H3,(H3,16,17,18);1H. The number of nitrogens with two attached hydrogens (primary N) is 1. The van der Waals surface area contributed by atoms with E-state index in [0.717, 1.165) is 12.2 Å². The summed E-state index contributed by atoms with van der Waals surface area (Å²) >= 11 is 0. The van der Waals surface area contributed by atoms with E-state index in [4.69, 9.17) is 16.9 Å². The topological polar surface area (TPSA) is 59.6 Å². The third kappa shape index (κ3) is 7.89. The van der Waals surface area contributed by atoms with Gasteiger partial charge in [-0.15, -0.1) is 30.4 Å². The number of guanidine groups is 1. The minimum Gasteiger partial charge on any atom is -0.481 e. The maximum absolute atomic E-state index is 5.72. The van der Waals surface area contributed by atoms with Gasteiger partial charge in [0.25, 0.3) is 0 Å². The number of nitrogens with zero attached hydrogens (tertiary/aromatic N) is 1. The van der Waals surface area contributed by atoms with Crippen molar-refractivity contribution in [2.75, 3.05) is 13.2 Å². The molecule has 0 aromatic heterocycles. The van der Waals surface area contributed by atoms with Gasteiger partial charge in [-0.1, -0.05) is 18.1 Å². The molecule has 0 saturated carbocycles. The molecule has 0 amide bonds. The maximum Gasteiger partial charge on any atom is 0.188 e. The monoisotopic (exact) mass is 387 g/mol. The molecule has 1 aromatic rings. The fraction of sp³-hybridized carbons (Fsp3) is 0.400. The molecule has 5 heteroatoms. The Labute approximate surface area is 138 Å². The van der Waals surface area contributed by atoms with Gasteiger partial charge >= 0.3 is 0 Å². The minimum atomic E-state index is 0. The van der Waals surface area contributed by atoms with Gasteiger partial charge < -0.3 is 15.8 Å². The van der Waals surface area contributed by atoms with Gasteiger partial charge in [0.1, 0.15) is 12.4 Å². The Kier molecular flexibility index (Phi) is 9.64. The molecule has 0 aliphatic carbocycles. The smallest absolute Gasteiger partial charge is 0.188 e. The van der Waals surface area contributed by atoms with Crippen LogP contribution < -0.4 is 15.8 Å². The molecule has 0 bridgehead atoms. The van der Waals surface area contributed by atoms with Gasteiger partial charge in [0.15, 0.2) is 5.96 Å². The zero-order valence-corrected chi connectivity index (χ0v) is 14.3. The number of hydrogen-bond acceptors (Lipinski definition) is 2. The summed E-state index contributed by atoms with van der Waals surface area (Å²) in [5.41, 5.74) is 6.91. The summed E-state index contributed by atoms with van der Waals surface area (Å²) in [4.78, 5) is 4.26. The first-order valence-corrected chi connectivity index (χ1v) is 6.33. The van der Waals surface area contributed by atoms with Crippen molar-refractivity contribution in [2.45, 2.75) is 26.3 Å². The molecular weight excluding hydrogens is 365 g/mol. The lowest BCUT2D eigenvalue weighted by molar-refractivity contribution is 0.370. The van der Waals surface area contributed by atoms with Crippen molar-refractivity contribution in [3.05, 3.63) is 29.8 Å². The summed E-state index contributed by atoms with van der Waals surface area (Å²) in [5, 5.41) is 3.05. The summed E-state index contributed by atoms with van der Waals surface area (Å²) in [6.07, 6.45) is 5.97. The van der Waals surface area contributed by atoms with Crippen LogP contribution in [0.5, 0.6) is 5.75 Å². The van der Waals surface area contributed by atoms with Crippen LogP contribution in [0.15, 0.2) is 29.3 Å². The zero-order chi connectivity index (χ0) is 14.1. The molecule has 0 spiro atoms. The van der Waals surface area contributed by atoms with Gasteiger partial charge in [-0.2, -0.15) is 0 Å². The Morgan fingerprint density at radius 3 is 2.60 bits per heavy atom. The molecule has 0 radical (unpaired) electrons. The van der Waals surface area contributed by atoms with E-state index in [0.29, 0.717) is 25.2 Å². The second-order valence-corrected chi connectivity index (χ2v) is 4.45. The highest BCUT2D eigenvalue weighted by Gasteiger charge is 1.97. The Morgan fingerprint density at radius 2 is 2.05 bits per heavy atom. The number of hydrogen-bond donors (Lipinski definition) is 2. The van der Waals surface area contributed by atoms with Crippen LogP contribution in [0.2, 0.25) is 0 Å². The van der Waals surface area contributed by atoms with Crippen LogP contribution in [0.3, 0.4) is 0 Å². The Morgan fingerprint density at radius 1 is 1.40 bits per heavy atom. The molecule has 110 valence electrons. The third-order valence-corrected chi connectivity index (χ3v) is 2.36. The Bertz CT molecular complexity index is 449. The van der Waals surface area contributed by atoms with Crippen molar-refractivity contribution in [2.24, 2.45) is 10.7 Å². The van der Waals surface area contributed by atoms with E-state index in [2.05, 4.69) is 16.2 Å². The highest BCUT2D eigenvalue weighted by atomic mass is 127. The van der Waals surface area contributed by atoms with E-state index in [9.17, 15) is 0 Å². The predicted molar refractivity (Wildman–Crippen MR) is 94.7 cm³/mol. The number of terminal acetylenes is 1. The lowest BCUT2D eigenvalue weighted by atomic mass is 10.1. The van der Waals surface area contributed by atoms with Crippen LogP contribution in [0, 0.1) is 12.3 Å². The van der Waals surface area contributed by atoms with Crippen LogP contribution in [0.25, 0.3) is 0 Å². The molecule has 0 heterocycles. The van der Waals surface area contributed by atoms with Gasteiger partial charge in [-0.05, 0) is 38.0 Å². The molecule has 0 aliphatic rings. The number of benzene rings is 1. The summed E-state index contributed by atoms with van der Waals surface area (Å²) in [6.45, 7) is 5.01. The molecule has 0 saturated heterocycles.